The Bertz CT molecular complexity index is 1210. The second-order valence-electron chi connectivity index (χ2n) is 9.68. The Morgan fingerprint density at radius 1 is 1.12 bits per heavy atom. The van der Waals surface area contributed by atoms with Crippen molar-refractivity contribution in [1.29, 1.82) is 5.26 Å². The van der Waals surface area contributed by atoms with Gasteiger partial charge in [0, 0.05) is 6.42 Å². The quantitative estimate of drug-likeness (QED) is 0.543. The van der Waals surface area contributed by atoms with E-state index in [0.717, 1.165) is 39.2 Å². The molecule has 0 aliphatic heterocycles. The number of nitriles is 1. The number of benzene rings is 2. The summed E-state index contributed by atoms with van der Waals surface area (Å²) in [6.07, 6.45) is 1.92. The molecule has 1 aromatic heterocycles. The van der Waals surface area contributed by atoms with Gasteiger partial charge in [0.25, 0.3) is 0 Å². The van der Waals surface area contributed by atoms with Crippen molar-refractivity contribution in [3.05, 3.63) is 53.0 Å². The van der Waals surface area contributed by atoms with E-state index in [1.807, 2.05) is 6.07 Å². The number of carbonyl (C=O) groups is 2. The van der Waals surface area contributed by atoms with Crippen LogP contribution in [-0.4, -0.2) is 23.2 Å². The van der Waals surface area contributed by atoms with Crippen LogP contribution < -0.4 is 5.32 Å². The number of aromatic nitrogens is 1. The predicted octanol–water partition coefficient (Wildman–Crippen LogP) is 5.18. The normalized spacial score (nSPS) is 14.7. The average molecular weight is 446 g/mol. The van der Waals surface area contributed by atoms with Crippen molar-refractivity contribution < 1.29 is 9.59 Å². The summed E-state index contributed by atoms with van der Waals surface area (Å²) in [5.41, 5.74) is 4.04. The lowest BCUT2D eigenvalue weighted by Gasteiger charge is -2.19. The van der Waals surface area contributed by atoms with Gasteiger partial charge in [-0.15, -0.1) is 11.3 Å². The number of Topliss-reactive ketones (excluding diaryl/α,β-unsaturated/α-hetero) is 1. The fourth-order valence-electron chi connectivity index (χ4n) is 3.71. The Hall–Kier alpha value is -3.04. The standard InChI is InChI=1S/C26H27N3O2S/c1-25(2,3)19-7-4-17(5-8-19)18-6-9-22-21(12-18)29-24(32-22)13-23(31)28-15-20(30)14-26(16-27)10-11-26/h4-9,12H,10-11,13-15H2,1-3H3,(H,28,31). The van der Waals surface area contributed by atoms with Crippen LogP contribution in [0.4, 0.5) is 0 Å². The molecule has 6 heteroatoms. The number of carbonyl (C=O) groups excluding carboxylic acids is 2. The number of amides is 1. The average Bonchev–Trinajstić information content (AvgIpc) is 3.41. The van der Waals surface area contributed by atoms with Gasteiger partial charge in [0.1, 0.15) is 5.01 Å². The van der Waals surface area contributed by atoms with E-state index in [0.29, 0.717) is 0 Å². The number of hydrogen-bond donors (Lipinski definition) is 1. The Labute approximate surface area is 192 Å². The van der Waals surface area contributed by atoms with Crippen LogP contribution in [0.25, 0.3) is 21.3 Å². The largest absolute Gasteiger partial charge is 0.349 e. The predicted molar refractivity (Wildman–Crippen MR) is 127 cm³/mol. The summed E-state index contributed by atoms with van der Waals surface area (Å²) >= 11 is 1.49. The first-order valence-corrected chi connectivity index (χ1v) is 11.7. The van der Waals surface area contributed by atoms with Crippen molar-refractivity contribution in [1.82, 2.24) is 10.3 Å². The highest BCUT2D eigenvalue weighted by molar-refractivity contribution is 7.18. The fourth-order valence-corrected chi connectivity index (χ4v) is 4.66. The molecule has 0 saturated heterocycles. The molecule has 1 aliphatic rings. The third kappa shape index (κ3) is 5.05. The molecule has 1 N–H and O–H groups in total. The topological polar surface area (TPSA) is 82.9 Å². The van der Waals surface area contributed by atoms with Crippen LogP contribution in [0.3, 0.4) is 0 Å². The first kappa shape index (κ1) is 22.2. The van der Waals surface area contributed by atoms with Gasteiger partial charge in [-0.25, -0.2) is 4.98 Å². The van der Waals surface area contributed by atoms with Gasteiger partial charge in [-0.1, -0.05) is 51.1 Å². The molecule has 3 aromatic rings. The molecule has 164 valence electrons. The van der Waals surface area contributed by atoms with E-state index >= 15 is 0 Å². The second-order valence-corrected chi connectivity index (χ2v) is 10.8. The lowest BCUT2D eigenvalue weighted by molar-refractivity contribution is -0.125. The minimum Gasteiger partial charge on any atom is -0.349 e. The number of nitrogens with zero attached hydrogens (tertiary/aromatic N) is 2. The molecule has 5 nitrogen and oxygen atoms in total. The van der Waals surface area contributed by atoms with E-state index in [1.54, 1.807) is 0 Å². The highest BCUT2D eigenvalue weighted by Gasteiger charge is 2.44. The summed E-state index contributed by atoms with van der Waals surface area (Å²) in [5, 5.41) is 12.5. The number of thiazole rings is 1. The van der Waals surface area contributed by atoms with Gasteiger partial charge in [-0.05, 0) is 47.1 Å². The molecule has 2 aromatic carbocycles. The zero-order valence-electron chi connectivity index (χ0n) is 18.7. The molecule has 0 unspecified atom stereocenters. The summed E-state index contributed by atoms with van der Waals surface area (Å²) in [6, 6.07) is 17.0. The van der Waals surface area contributed by atoms with E-state index in [1.165, 1.54) is 16.9 Å². The highest BCUT2D eigenvalue weighted by Crippen LogP contribution is 2.48. The SMILES string of the molecule is CC(C)(C)c1ccc(-c2ccc3sc(CC(=O)NCC(=O)CC4(C#N)CC4)nc3c2)cc1. The molecule has 0 spiro atoms. The molecule has 0 atom stereocenters. The Balaban J connectivity index is 1.39. The van der Waals surface area contributed by atoms with Gasteiger partial charge in [-0.3, -0.25) is 9.59 Å². The maximum absolute atomic E-state index is 12.3. The van der Waals surface area contributed by atoms with Crippen molar-refractivity contribution in [2.75, 3.05) is 6.54 Å². The van der Waals surface area contributed by atoms with Crippen LogP contribution in [0.2, 0.25) is 0 Å². The maximum atomic E-state index is 12.3. The summed E-state index contributed by atoms with van der Waals surface area (Å²) in [6.45, 7) is 6.58. The summed E-state index contributed by atoms with van der Waals surface area (Å²) in [7, 11) is 0. The number of nitrogens with one attached hydrogen (secondary N) is 1. The zero-order chi connectivity index (χ0) is 22.9. The molecule has 4 rings (SSSR count). The molecule has 32 heavy (non-hydrogen) atoms. The van der Waals surface area contributed by atoms with Crippen molar-refractivity contribution in [2.24, 2.45) is 5.41 Å². The van der Waals surface area contributed by atoms with Crippen molar-refractivity contribution in [3.63, 3.8) is 0 Å². The van der Waals surface area contributed by atoms with E-state index < -0.39 is 5.41 Å². The van der Waals surface area contributed by atoms with E-state index in [-0.39, 0.29) is 36.5 Å². The first-order chi connectivity index (χ1) is 15.2. The minimum absolute atomic E-state index is 0.0259. The molecule has 0 bridgehead atoms. The monoisotopic (exact) mass is 445 g/mol. The van der Waals surface area contributed by atoms with Crippen LogP contribution in [0.5, 0.6) is 0 Å². The summed E-state index contributed by atoms with van der Waals surface area (Å²) < 4.78 is 1.03. The second kappa shape index (κ2) is 8.48. The number of fused-ring (bicyclic) bond motifs is 1. The third-order valence-electron chi connectivity index (χ3n) is 5.94. The smallest absolute Gasteiger partial charge is 0.227 e. The Morgan fingerprint density at radius 3 is 2.44 bits per heavy atom. The number of rotatable bonds is 7. The lowest BCUT2D eigenvalue weighted by Crippen LogP contribution is -2.31. The molecule has 1 fully saturated rings. The maximum Gasteiger partial charge on any atom is 0.227 e. The van der Waals surface area contributed by atoms with Crippen LogP contribution >= 0.6 is 11.3 Å². The van der Waals surface area contributed by atoms with Crippen molar-refractivity contribution in [3.8, 4) is 17.2 Å². The lowest BCUT2D eigenvalue weighted by atomic mass is 9.86. The van der Waals surface area contributed by atoms with Crippen LogP contribution in [0.1, 0.15) is 50.6 Å². The first-order valence-electron chi connectivity index (χ1n) is 10.9. The zero-order valence-corrected chi connectivity index (χ0v) is 19.5. The third-order valence-corrected chi connectivity index (χ3v) is 6.97. The van der Waals surface area contributed by atoms with Gasteiger partial charge in [0.05, 0.1) is 34.7 Å². The van der Waals surface area contributed by atoms with E-state index in [9.17, 15) is 9.59 Å². The van der Waals surface area contributed by atoms with Crippen LogP contribution in [-0.2, 0) is 21.4 Å². The summed E-state index contributed by atoms with van der Waals surface area (Å²) in [5.74, 6) is -0.318. The summed E-state index contributed by atoms with van der Waals surface area (Å²) in [4.78, 5) is 28.9. The minimum atomic E-state index is -0.473. The van der Waals surface area contributed by atoms with Gasteiger partial charge in [0.15, 0.2) is 5.78 Å². The molecule has 1 aliphatic carbocycles. The van der Waals surface area contributed by atoms with E-state index in [4.69, 9.17) is 5.26 Å². The Morgan fingerprint density at radius 2 is 1.81 bits per heavy atom. The van der Waals surface area contributed by atoms with E-state index in [2.05, 4.69) is 73.5 Å². The van der Waals surface area contributed by atoms with Gasteiger partial charge in [0.2, 0.25) is 5.91 Å². The number of hydrogen-bond acceptors (Lipinski definition) is 5. The molecular formula is C26H27N3O2S. The molecule has 1 saturated carbocycles. The van der Waals surface area contributed by atoms with Gasteiger partial charge < -0.3 is 5.32 Å². The highest BCUT2D eigenvalue weighted by atomic mass is 32.1. The van der Waals surface area contributed by atoms with Crippen molar-refractivity contribution >= 4 is 33.2 Å². The Kier molecular flexibility index (Phi) is 5.87. The van der Waals surface area contributed by atoms with Crippen LogP contribution in [0, 0.1) is 16.7 Å². The van der Waals surface area contributed by atoms with Crippen LogP contribution in [0.15, 0.2) is 42.5 Å². The van der Waals surface area contributed by atoms with Gasteiger partial charge in [-0.2, -0.15) is 5.26 Å². The molecule has 1 heterocycles. The molecular weight excluding hydrogens is 418 g/mol. The fraction of sp³-hybridized carbons (Fsp3) is 0.385. The van der Waals surface area contributed by atoms with Gasteiger partial charge >= 0.3 is 0 Å². The number of ketones is 1. The molecule has 1 amide bonds. The molecule has 0 radical (unpaired) electrons. The van der Waals surface area contributed by atoms with Crippen molar-refractivity contribution in [2.45, 2.75) is 51.9 Å².